The van der Waals surface area contributed by atoms with Gasteiger partial charge in [-0.25, -0.2) is 0 Å². The van der Waals surface area contributed by atoms with Crippen LogP contribution in [0, 0.1) is 0 Å². The molecule has 4 heteroatoms. The predicted octanol–water partition coefficient (Wildman–Crippen LogP) is 1.11. The fraction of sp³-hybridized carbons (Fsp3) is 0.700. The molecule has 0 fully saturated rings. The highest BCUT2D eigenvalue weighted by Crippen LogP contribution is 2.12. The van der Waals surface area contributed by atoms with Crippen molar-refractivity contribution in [2.45, 2.75) is 18.6 Å². The van der Waals surface area contributed by atoms with Crippen LogP contribution in [0.15, 0.2) is 11.6 Å². The van der Waals surface area contributed by atoms with Crippen molar-refractivity contribution in [1.29, 1.82) is 0 Å². The number of thiol groups is 1. The predicted molar refractivity (Wildman–Crippen MR) is 59.6 cm³/mol. The molecule has 0 bridgehead atoms. The maximum Gasteiger partial charge on any atom is 0.235 e. The third kappa shape index (κ3) is 3.03. The largest absolute Gasteiger partial charge is 0.380 e. The summed E-state index contributed by atoms with van der Waals surface area (Å²) >= 11 is 4.13. The number of rotatable bonds is 3. The molecule has 0 aromatic rings. The van der Waals surface area contributed by atoms with Crippen molar-refractivity contribution >= 4 is 18.5 Å². The van der Waals surface area contributed by atoms with Gasteiger partial charge < -0.3 is 9.64 Å². The number of methoxy groups -OCH3 is 1. The maximum absolute atomic E-state index is 11.6. The summed E-state index contributed by atoms with van der Waals surface area (Å²) in [6.45, 7) is 3.97. The summed E-state index contributed by atoms with van der Waals surface area (Å²) in [5.74, 6) is 0.112. The topological polar surface area (TPSA) is 29.5 Å². The summed E-state index contributed by atoms with van der Waals surface area (Å²) in [6.07, 6.45) is 2.99. The first-order valence-corrected chi connectivity index (χ1v) is 5.30. The Labute approximate surface area is 90.5 Å². The van der Waals surface area contributed by atoms with Gasteiger partial charge in [-0.2, -0.15) is 12.6 Å². The number of ether oxygens (including phenoxy) is 1. The molecule has 1 amide bonds. The Hall–Kier alpha value is -0.480. The molecule has 0 spiro atoms. The molecule has 1 aliphatic rings. The van der Waals surface area contributed by atoms with Gasteiger partial charge in [-0.3, -0.25) is 4.79 Å². The molecule has 0 saturated carbocycles. The van der Waals surface area contributed by atoms with Crippen LogP contribution in [0.1, 0.15) is 13.3 Å². The highest BCUT2D eigenvalue weighted by atomic mass is 32.1. The molecule has 14 heavy (non-hydrogen) atoms. The Morgan fingerprint density at radius 1 is 1.79 bits per heavy atom. The van der Waals surface area contributed by atoms with E-state index in [0.717, 1.165) is 13.0 Å². The molecule has 80 valence electrons. The van der Waals surface area contributed by atoms with Gasteiger partial charge in [-0.1, -0.05) is 6.08 Å². The van der Waals surface area contributed by atoms with E-state index in [9.17, 15) is 4.79 Å². The smallest absolute Gasteiger partial charge is 0.235 e. The first-order valence-electron chi connectivity index (χ1n) is 4.79. The molecule has 3 nitrogen and oxygen atoms in total. The van der Waals surface area contributed by atoms with Crippen LogP contribution in [0.3, 0.4) is 0 Å². The van der Waals surface area contributed by atoms with E-state index >= 15 is 0 Å². The van der Waals surface area contributed by atoms with Crippen molar-refractivity contribution < 1.29 is 9.53 Å². The number of carbonyl (C=O) groups excluding carboxylic acids is 1. The quantitative estimate of drug-likeness (QED) is 0.564. The molecule has 1 unspecified atom stereocenters. The van der Waals surface area contributed by atoms with Gasteiger partial charge in [0.15, 0.2) is 0 Å². The number of nitrogens with zero attached hydrogens (tertiary/aromatic N) is 1. The van der Waals surface area contributed by atoms with Crippen LogP contribution in [0.25, 0.3) is 0 Å². The van der Waals surface area contributed by atoms with Crippen molar-refractivity contribution in [2.24, 2.45) is 0 Å². The van der Waals surface area contributed by atoms with Crippen LogP contribution in [0.2, 0.25) is 0 Å². The SMILES string of the molecule is COCC1=CCN(C(=O)C(C)S)CC1. The van der Waals surface area contributed by atoms with Gasteiger partial charge in [0.05, 0.1) is 11.9 Å². The van der Waals surface area contributed by atoms with E-state index in [-0.39, 0.29) is 11.2 Å². The Kier molecular flexibility index (Phi) is 4.48. The third-order valence-electron chi connectivity index (χ3n) is 2.30. The summed E-state index contributed by atoms with van der Waals surface area (Å²) in [7, 11) is 1.69. The molecule has 1 aliphatic heterocycles. The molecule has 0 aliphatic carbocycles. The zero-order valence-corrected chi connectivity index (χ0v) is 9.59. The Bertz CT molecular complexity index is 238. The third-order valence-corrected chi connectivity index (χ3v) is 2.52. The highest BCUT2D eigenvalue weighted by molar-refractivity contribution is 7.81. The molecule has 0 aromatic heterocycles. The van der Waals surface area contributed by atoms with Crippen LogP contribution < -0.4 is 0 Å². The van der Waals surface area contributed by atoms with E-state index in [1.54, 1.807) is 14.0 Å². The van der Waals surface area contributed by atoms with Crippen molar-refractivity contribution in [1.82, 2.24) is 4.90 Å². The minimum atomic E-state index is -0.202. The second-order valence-electron chi connectivity index (χ2n) is 3.51. The summed E-state index contributed by atoms with van der Waals surface area (Å²) in [5.41, 5.74) is 1.28. The fourth-order valence-corrected chi connectivity index (χ4v) is 1.66. The lowest BCUT2D eigenvalue weighted by molar-refractivity contribution is -0.129. The lowest BCUT2D eigenvalue weighted by Gasteiger charge is -2.27. The van der Waals surface area contributed by atoms with Gasteiger partial charge in [0, 0.05) is 20.2 Å². The van der Waals surface area contributed by atoms with Crippen molar-refractivity contribution in [3.63, 3.8) is 0 Å². The standard InChI is InChI=1S/C10H17NO2S/c1-8(14)10(12)11-5-3-9(4-6-11)7-13-2/h3,8,14H,4-7H2,1-2H3. The van der Waals surface area contributed by atoms with Crippen molar-refractivity contribution in [2.75, 3.05) is 26.8 Å². The molecule has 0 aromatic carbocycles. The molecule has 0 N–H and O–H groups in total. The monoisotopic (exact) mass is 215 g/mol. The molecule has 1 atom stereocenters. The number of carbonyl (C=O) groups is 1. The van der Waals surface area contributed by atoms with Crippen molar-refractivity contribution in [3.05, 3.63) is 11.6 Å². The number of hydrogen-bond acceptors (Lipinski definition) is 3. The second-order valence-corrected chi connectivity index (χ2v) is 4.28. The molecule has 1 rings (SSSR count). The van der Waals surface area contributed by atoms with E-state index < -0.39 is 0 Å². The Balaban J connectivity index is 2.46. The van der Waals surface area contributed by atoms with E-state index in [1.807, 2.05) is 4.90 Å². The van der Waals surface area contributed by atoms with E-state index in [4.69, 9.17) is 4.74 Å². The van der Waals surface area contributed by atoms with Gasteiger partial charge in [-0.15, -0.1) is 0 Å². The zero-order chi connectivity index (χ0) is 10.6. The lowest BCUT2D eigenvalue weighted by Crippen LogP contribution is -2.39. The maximum atomic E-state index is 11.6. The Morgan fingerprint density at radius 3 is 2.93 bits per heavy atom. The van der Waals surface area contributed by atoms with E-state index in [2.05, 4.69) is 18.7 Å². The molecular weight excluding hydrogens is 198 g/mol. The van der Waals surface area contributed by atoms with Gasteiger partial charge in [0.2, 0.25) is 5.91 Å². The first-order chi connectivity index (χ1) is 6.65. The van der Waals surface area contributed by atoms with Gasteiger partial charge in [-0.05, 0) is 18.9 Å². The van der Waals surface area contributed by atoms with Crippen molar-refractivity contribution in [3.8, 4) is 0 Å². The molecule has 0 radical (unpaired) electrons. The summed E-state index contributed by atoms with van der Waals surface area (Å²) in [6, 6.07) is 0. The van der Waals surface area contributed by atoms with E-state index in [1.165, 1.54) is 5.57 Å². The summed E-state index contributed by atoms with van der Waals surface area (Å²) < 4.78 is 5.04. The number of hydrogen-bond donors (Lipinski definition) is 1. The lowest BCUT2D eigenvalue weighted by atomic mass is 10.1. The van der Waals surface area contributed by atoms with Crippen LogP contribution in [-0.4, -0.2) is 42.9 Å². The highest BCUT2D eigenvalue weighted by Gasteiger charge is 2.19. The average Bonchev–Trinajstić information content (AvgIpc) is 2.18. The molecule has 1 heterocycles. The number of amides is 1. The van der Waals surface area contributed by atoms with Crippen LogP contribution in [0.4, 0.5) is 0 Å². The van der Waals surface area contributed by atoms with Crippen LogP contribution in [-0.2, 0) is 9.53 Å². The minimum Gasteiger partial charge on any atom is -0.380 e. The Morgan fingerprint density at radius 2 is 2.50 bits per heavy atom. The second kappa shape index (κ2) is 5.41. The average molecular weight is 215 g/mol. The first kappa shape index (κ1) is 11.6. The summed E-state index contributed by atoms with van der Waals surface area (Å²) in [5, 5.41) is -0.202. The van der Waals surface area contributed by atoms with E-state index in [0.29, 0.717) is 13.2 Å². The minimum absolute atomic E-state index is 0.112. The molecule has 0 saturated heterocycles. The summed E-state index contributed by atoms with van der Waals surface area (Å²) in [4.78, 5) is 13.4. The van der Waals surface area contributed by atoms with Gasteiger partial charge in [0.25, 0.3) is 0 Å². The van der Waals surface area contributed by atoms with Gasteiger partial charge in [0.1, 0.15) is 0 Å². The van der Waals surface area contributed by atoms with Crippen LogP contribution in [0.5, 0.6) is 0 Å². The van der Waals surface area contributed by atoms with Gasteiger partial charge >= 0.3 is 0 Å². The van der Waals surface area contributed by atoms with Crippen LogP contribution >= 0.6 is 12.6 Å². The zero-order valence-electron chi connectivity index (χ0n) is 8.69. The normalized spacial score (nSPS) is 19.1. The molecular formula is C10H17NO2S. The fourth-order valence-electron chi connectivity index (χ4n) is 1.49.